The van der Waals surface area contributed by atoms with Gasteiger partial charge in [-0.05, 0) is 48.9 Å². The number of aromatic nitrogens is 2. The number of carbonyl (C=O) groups is 1. The second kappa shape index (κ2) is 8.89. The third-order valence-corrected chi connectivity index (χ3v) is 3.87. The first-order chi connectivity index (χ1) is 13.2. The molecular weight excluding hydrogens is 345 g/mol. The van der Waals surface area contributed by atoms with E-state index >= 15 is 0 Å². The first-order valence-electron chi connectivity index (χ1n) is 8.81. The summed E-state index contributed by atoms with van der Waals surface area (Å²) in [6.07, 6.45) is 3.53. The lowest BCUT2D eigenvalue weighted by atomic mass is 10.2. The van der Waals surface area contributed by atoms with Crippen LogP contribution >= 0.6 is 0 Å². The molecule has 0 unspecified atom stereocenters. The Balaban J connectivity index is 1.74. The van der Waals surface area contributed by atoms with Gasteiger partial charge in [0.15, 0.2) is 5.82 Å². The highest BCUT2D eigenvalue weighted by atomic mass is 19.1. The molecule has 1 amide bonds. The number of unbranched alkanes of at least 4 members (excludes halogenated alkanes) is 1. The van der Waals surface area contributed by atoms with E-state index in [1.54, 1.807) is 48.7 Å². The van der Waals surface area contributed by atoms with Crippen LogP contribution in [0.25, 0.3) is 11.4 Å². The van der Waals surface area contributed by atoms with Crippen LogP contribution in [-0.2, 0) is 0 Å². The van der Waals surface area contributed by atoms with E-state index in [4.69, 9.17) is 4.74 Å². The van der Waals surface area contributed by atoms with Crippen LogP contribution in [0.2, 0.25) is 0 Å². The van der Waals surface area contributed by atoms with Gasteiger partial charge in [-0.15, -0.1) is 0 Å². The molecule has 3 rings (SSSR count). The molecule has 5 nitrogen and oxygen atoms in total. The average Bonchev–Trinajstić information content (AvgIpc) is 2.69. The van der Waals surface area contributed by atoms with Crippen molar-refractivity contribution in [3.8, 4) is 23.0 Å². The summed E-state index contributed by atoms with van der Waals surface area (Å²) in [7, 11) is 0. The van der Waals surface area contributed by atoms with Crippen molar-refractivity contribution in [3.63, 3.8) is 0 Å². The number of benzene rings is 2. The van der Waals surface area contributed by atoms with Crippen molar-refractivity contribution in [2.24, 2.45) is 0 Å². The maximum atomic E-state index is 13.1. The highest BCUT2D eigenvalue weighted by Crippen LogP contribution is 2.23. The number of amides is 1. The molecule has 1 heterocycles. The third-order valence-electron chi connectivity index (χ3n) is 3.87. The van der Waals surface area contributed by atoms with Gasteiger partial charge in [0, 0.05) is 29.9 Å². The van der Waals surface area contributed by atoms with Crippen LogP contribution in [0, 0.1) is 5.82 Å². The van der Waals surface area contributed by atoms with Crippen molar-refractivity contribution >= 4 is 5.91 Å². The number of nitrogens with one attached hydrogen (secondary N) is 1. The molecule has 0 aliphatic carbocycles. The molecular formula is C21H20FN3O2. The fourth-order valence-electron chi connectivity index (χ4n) is 2.44. The van der Waals surface area contributed by atoms with E-state index in [1.807, 2.05) is 0 Å². The molecule has 138 valence electrons. The molecule has 0 spiro atoms. The number of halogens is 1. The summed E-state index contributed by atoms with van der Waals surface area (Å²) >= 11 is 0. The third kappa shape index (κ3) is 5.10. The Morgan fingerprint density at radius 3 is 2.74 bits per heavy atom. The Labute approximate surface area is 157 Å². The van der Waals surface area contributed by atoms with Crippen molar-refractivity contribution in [3.05, 3.63) is 72.2 Å². The number of ether oxygens (including phenoxy) is 1. The van der Waals surface area contributed by atoms with Crippen LogP contribution in [0.1, 0.15) is 30.1 Å². The molecule has 0 radical (unpaired) electrons. The van der Waals surface area contributed by atoms with E-state index in [2.05, 4.69) is 22.2 Å². The molecule has 3 aromatic rings. The number of hydrogen-bond donors (Lipinski definition) is 1. The molecule has 0 atom stereocenters. The van der Waals surface area contributed by atoms with Gasteiger partial charge in [0.05, 0.1) is 0 Å². The monoisotopic (exact) mass is 365 g/mol. The van der Waals surface area contributed by atoms with Crippen LogP contribution in [0.3, 0.4) is 0 Å². The largest absolute Gasteiger partial charge is 0.439 e. The van der Waals surface area contributed by atoms with Crippen LogP contribution in [0.4, 0.5) is 4.39 Å². The van der Waals surface area contributed by atoms with Gasteiger partial charge >= 0.3 is 0 Å². The number of rotatable bonds is 7. The normalized spacial score (nSPS) is 10.4. The Morgan fingerprint density at radius 2 is 1.96 bits per heavy atom. The summed E-state index contributed by atoms with van der Waals surface area (Å²) in [5.41, 5.74) is 1.21. The zero-order valence-electron chi connectivity index (χ0n) is 15.0. The van der Waals surface area contributed by atoms with Gasteiger partial charge in [0.2, 0.25) is 5.88 Å². The van der Waals surface area contributed by atoms with Crippen molar-refractivity contribution in [2.75, 3.05) is 6.54 Å². The zero-order chi connectivity index (χ0) is 19.1. The van der Waals surface area contributed by atoms with Gasteiger partial charge in [-0.25, -0.2) is 9.37 Å². The maximum Gasteiger partial charge on any atom is 0.251 e. The van der Waals surface area contributed by atoms with Gasteiger partial charge in [-0.2, -0.15) is 4.98 Å². The lowest BCUT2D eigenvalue weighted by Gasteiger charge is -2.08. The van der Waals surface area contributed by atoms with Crippen molar-refractivity contribution in [2.45, 2.75) is 19.8 Å². The predicted molar refractivity (Wildman–Crippen MR) is 101 cm³/mol. The first kappa shape index (κ1) is 18.5. The van der Waals surface area contributed by atoms with Gasteiger partial charge < -0.3 is 10.1 Å². The second-order valence-corrected chi connectivity index (χ2v) is 5.96. The summed E-state index contributed by atoms with van der Waals surface area (Å²) in [5.74, 6) is 0.819. The van der Waals surface area contributed by atoms with Gasteiger partial charge in [0.1, 0.15) is 11.6 Å². The predicted octanol–water partition coefficient (Wildman–Crippen LogP) is 4.60. The number of nitrogens with zero attached hydrogens (tertiary/aromatic N) is 2. The maximum absolute atomic E-state index is 13.1. The van der Waals surface area contributed by atoms with Crippen molar-refractivity contribution < 1.29 is 13.9 Å². The summed E-state index contributed by atoms with van der Waals surface area (Å²) in [5, 5.41) is 2.88. The van der Waals surface area contributed by atoms with Crippen LogP contribution in [-0.4, -0.2) is 22.4 Å². The van der Waals surface area contributed by atoms with Gasteiger partial charge in [-0.3, -0.25) is 4.79 Å². The molecule has 0 saturated carbocycles. The Kier molecular flexibility index (Phi) is 6.10. The highest BCUT2D eigenvalue weighted by Gasteiger charge is 2.08. The second-order valence-electron chi connectivity index (χ2n) is 5.96. The van der Waals surface area contributed by atoms with Crippen LogP contribution in [0.15, 0.2) is 60.8 Å². The van der Waals surface area contributed by atoms with Crippen LogP contribution < -0.4 is 10.1 Å². The first-order valence-corrected chi connectivity index (χ1v) is 8.81. The molecule has 27 heavy (non-hydrogen) atoms. The van der Waals surface area contributed by atoms with Crippen molar-refractivity contribution in [1.29, 1.82) is 0 Å². The minimum absolute atomic E-state index is 0.136. The fourth-order valence-corrected chi connectivity index (χ4v) is 2.44. The molecule has 1 aromatic heterocycles. The minimum atomic E-state index is -0.319. The van der Waals surface area contributed by atoms with Gasteiger partial charge in [-0.1, -0.05) is 19.4 Å². The van der Waals surface area contributed by atoms with Crippen LogP contribution in [0.5, 0.6) is 11.6 Å². The lowest BCUT2D eigenvalue weighted by Crippen LogP contribution is -2.24. The molecule has 0 bridgehead atoms. The van der Waals surface area contributed by atoms with E-state index in [0.717, 1.165) is 12.8 Å². The number of hydrogen-bond acceptors (Lipinski definition) is 4. The zero-order valence-corrected chi connectivity index (χ0v) is 15.0. The molecule has 2 aromatic carbocycles. The summed E-state index contributed by atoms with van der Waals surface area (Å²) in [6, 6.07) is 14.5. The topological polar surface area (TPSA) is 64.1 Å². The van der Waals surface area contributed by atoms with Gasteiger partial charge in [0.25, 0.3) is 5.91 Å². The molecule has 0 saturated heterocycles. The summed E-state index contributed by atoms with van der Waals surface area (Å²) < 4.78 is 18.8. The lowest BCUT2D eigenvalue weighted by molar-refractivity contribution is 0.0953. The highest BCUT2D eigenvalue weighted by molar-refractivity contribution is 5.94. The average molecular weight is 365 g/mol. The quantitative estimate of drug-likeness (QED) is 0.621. The molecule has 1 N–H and O–H groups in total. The Bertz CT molecular complexity index is 913. The molecule has 0 aliphatic heterocycles. The molecule has 0 fully saturated rings. The van der Waals surface area contributed by atoms with E-state index in [0.29, 0.717) is 35.1 Å². The Morgan fingerprint density at radius 1 is 1.15 bits per heavy atom. The van der Waals surface area contributed by atoms with E-state index < -0.39 is 0 Å². The molecule has 6 heteroatoms. The summed E-state index contributed by atoms with van der Waals surface area (Å²) in [4.78, 5) is 20.7. The van der Waals surface area contributed by atoms with E-state index in [1.165, 1.54) is 12.1 Å². The minimum Gasteiger partial charge on any atom is -0.439 e. The van der Waals surface area contributed by atoms with E-state index in [9.17, 15) is 9.18 Å². The SMILES string of the molecule is CCCCNC(=O)c1cccc(Oc2ccnc(-c3ccc(F)cc3)n2)c1. The smallest absolute Gasteiger partial charge is 0.251 e. The van der Waals surface area contributed by atoms with E-state index in [-0.39, 0.29) is 11.7 Å². The summed E-state index contributed by atoms with van der Waals surface area (Å²) in [6.45, 7) is 2.72. The van der Waals surface area contributed by atoms with Crippen molar-refractivity contribution in [1.82, 2.24) is 15.3 Å². The standard InChI is InChI=1S/C21H20FN3O2/c1-2-3-12-24-21(26)16-5-4-6-18(14-16)27-19-11-13-23-20(25-19)15-7-9-17(22)10-8-15/h4-11,13-14H,2-3,12H2,1H3,(H,24,26). The molecule has 0 aliphatic rings. The Hall–Kier alpha value is -3.28. The fraction of sp³-hybridized carbons (Fsp3) is 0.190. The number of carbonyl (C=O) groups excluding carboxylic acids is 1.